The first-order valence-electron chi connectivity index (χ1n) is 11.2. The van der Waals surface area contributed by atoms with E-state index in [9.17, 15) is 39.6 Å². The van der Waals surface area contributed by atoms with E-state index < -0.39 is 57.1 Å². The molecule has 4 rings (SSSR count). The maximum absolute atomic E-state index is 13.6. The normalized spacial score (nSPS) is 16.3. The van der Waals surface area contributed by atoms with Gasteiger partial charge < -0.3 is 9.84 Å². The average Bonchev–Trinajstić information content (AvgIpc) is 3.35. The second-order valence-corrected chi connectivity index (χ2v) is 10.4. The number of alkyl halides is 6. The highest BCUT2D eigenvalue weighted by atomic mass is 32.2. The Kier molecular flexibility index (Phi) is 7.38. The van der Waals surface area contributed by atoms with E-state index in [-0.39, 0.29) is 35.4 Å². The van der Waals surface area contributed by atoms with Gasteiger partial charge in [0.15, 0.2) is 0 Å². The molecule has 2 N–H and O–H groups in total. The van der Waals surface area contributed by atoms with Gasteiger partial charge in [-0.05, 0) is 42.3 Å². The number of H-pyrrole nitrogens is 1. The quantitative estimate of drug-likeness (QED) is 0.363. The van der Waals surface area contributed by atoms with Gasteiger partial charge in [-0.15, -0.1) is 0 Å². The van der Waals surface area contributed by atoms with Gasteiger partial charge in [-0.2, -0.15) is 31.4 Å². The van der Waals surface area contributed by atoms with E-state index in [1.54, 1.807) is 0 Å². The summed E-state index contributed by atoms with van der Waals surface area (Å²) in [7, 11) is -4.61. The van der Waals surface area contributed by atoms with Gasteiger partial charge in [0.25, 0.3) is 10.0 Å². The molecule has 2 heterocycles. The molecule has 0 saturated carbocycles. The molecule has 0 bridgehead atoms. The zero-order chi connectivity index (χ0) is 28.6. The van der Waals surface area contributed by atoms with Crippen LogP contribution in [0.2, 0.25) is 0 Å². The van der Waals surface area contributed by atoms with E-state index in [0.717, 1.165) is 34.8 Å². The number of benzene rings is 2. The van der Waals surface area contributed by atoms with Crippen molar-refractivity contribution in [3.8, 4) is 5.75 Å². The van der Waals surface area contributed by atoms with Gasteiger partial charge in [0.2, 0.25) is 0 Å². The predicted octanol–water partition coefficient (Wildman–Crippen LogP) is 5.44. The lowest BCUT2D eigenvalue weighted by Gasteiger charge is -2.35. The fraction of sp³-hybridized carbons (Fsp3) is 0.250. The Morgan fingerprint density at radius 2 is 1.85 bits per heavy atom. The van der Waals surface area contributed by atoms with Gasteiger partial charge in [0.05, 0.1) is 28.9 Å². The molecule has 1 aliphatic heterocycles. The second-order valence-electron chi connectivity index (χ2n) is 8.49. The molecule has 0 aliphatic carbocycles. The van der Waals surface area contributed by atoms with Crippen LogP contribution in [-0.2, 0) is 27.2 Å². The van der Waals surface area contributed by atoms with E-state index in [4.69, 9.17) is 9.84 Å². The lowest BCUT2D eigenvalue weighted by Crippen LogP contribution is -2.43. The summed E-state index contributed by atoms with van der Waals surface area (Å²) in [5, 5.41) is 14.3. The standard InChI is InChI=1S/C24H19F6N3O5S/c25-23(26,27)16-2-1-3-18(11-16)39(36,37)33-13-17(7-9-21(34)35)38-20-8-5-14(10-19(20)33)4-6-15-12-31-32-22(15)24(28,29)30/h1-6,8,10-12,17H,7,9,13H2,(H,31,32)(H,34,35)/b6-4+/t17-/m0/s1. The van der Waals surface area contributed by atoms with Crippen LogP contribution in [0.4, 0.5) is 32.0 Å². The van der Waals surface area contributed by atoms with Crippen LogP contribution in [0.3, 0.4) is 0 Å². The highest BCUT2D eigenvalue weighted by molar-refractivity contribution is 7.92. The number of anilines is 1. The van der Waals surface area contributed by atoms with Crippen LogP contribution in [0.1, 0.15) is 35.2 Å². The Balaban J connectivity index is 1.75. The number of ether oxygens (including phenoxy) is 1. The Morgan fingerprint density at radius 1 is 1.10 bits per heavy atom. The molecule has 1 atom stereocenters. The van der Waals surface area contributed by atoms with Crippen LogP contribution < -0.4 is 9.04 Å². The molecule has 0 fully saturated rings. The van der Waals surface area contributed by atoms with Crippen LogP contribution in [0.25, 0.3) is 12.2 Å². The SMILES string of the molecule is O=C(O)CC[C@H]1CN(S(=O)(=O)c2cccc(C(F)(F)F)c2)c2cc(/C=C/c3cn[nH]c3C(F)(F)F)ccc2O1. The molecule has 0 saturated heterocycles. The monoisotopic (exact) mass is 575 g/mol. The fourth-order valence-corrected chi connectivity index (χ4v) is 5.44. The van der Waals surface area contributed by atoms with Crippen LogP contribution in [0, 0.1) is 0 Å². The van der Waals surface area contributed by atoms with Crippen LogP contribution >= 0.6 is 0 Å². The molecule has 208 valence electrons. The summed E-state index contributed by atoms with van der Waals surface area (Å²) in [4.78, 5) is 10.4. The number of sulfonamides is 1. The van der Waals surface area contributed by atoms with Crippen molar-refractivity contribution in [3.63, 3.8) is 0 Å². The molecule has 0 spiro atoms. The first-order chi connectivity index (χ1) is 18.2. The molecule has 0 unspecified atom stereocenters. The molecule has 39 heavy (non-hydrogen) atoms. The summed E-state index contributed by atoms with van der Waals surface area (Å²) in [5.41, 5.74) is -2.38. The van der Waals surface area contributed by atoms with E-state index >= 15 is 0 Å². The summed E-state index contributed by atoms with van der Waals surface area (Å²) in [6, 6.07) is 7.20. The minimum absolute atomic E-state index is 0.00336. The summed E-state index contributed by atoms with van der Waals surface area (Å²) >= 11 is 0. The van der Waals surface area contributed by atoms with Crippen molar-refractivity contribution in [1.82, 2.24) is 10.2 Å². The smallest absolute Gasteiger partial charge is 0.433 e. The third-order valence-electron chi connectivity index (χ3n) is 5.75. The number of rotatable bonds is 7. The van der Waals surface area contributed by atoms with Crippen molar-refractivity contribution in [2.75, 3.05) is 10.8 Å². The lowest BCUT2D eigenvalue weighted by molar-refractivity contribution is -0.141. The summed E-state index contributed by atoms with van der Waals surface area (Å²) in [6.07, 6.45) is -7.55. The number of hydrogen-bond donors (Lipinski definition) is 2. The molecule has 2 aromatic carbocycles. The number of nitrogens with one attached hydrogen (secondary N) is 1. The Morgan fingerprint density at radius 3 is 2.51 bits per heavy atom. The van der Waals surface area contributed by atoms with E-state index in [1.165, 1.54) is 24.3 Å². The summed E-state index contributed by atoms with van der Waals surface area (Å²) < 4.78 is 113. The van der Waals surface area contributed by atoms with Crippen LogP contribution in [0.15, 0.2) is 53.6 Å². The van der Waals surface area contributed by atoms with E-state index in [2.05, 4.69) is 5.10 Å². The Bertz CT molecular complexity index is 1510. The summed E-state index contributed by atoms with van der Waals surface area (Å²) in [5.74, 6) is -1.15. The summed E-state index contributed by atoms with van der Waals surface area (Å²) in [6.45, 7) is -0.411. The van der Waals surface area contributed by atoms with Gasteiger partial charge >= 0.3 is 18.3 Å². The highest BCUT2D eigenvalue weighted by Gasteiger charge is 2.37. The average molecular weight is 575 g/mol. The molecule has 0 radical (unpaired) electrons. The highest BCUT2D eigenvalue weighted by Crippen LogP contribution is 2.40. The fourth-order valence-electron chi connectivity index (χ4n) is 3.89. The van der Waals surface area contributed by atoms with E-state index in [1.807, 2.05) is 5.10 Å². The number of hydrogen-bond acceptors (Lipinski definition) is 5. The Labute approximate surface area is 217 Å². The minimum Gasteiger partial charge on any atom is -0.486 e. The van der Waals surface area contributed by atoms with Gasteiger partial charge in [-0.25, -0.2) is 8.42 Å². The molecule has 15 heteroatoms. The van der Waals surface area contributed by atoms with Crippen molar-refractivity contribution in [2.24, 2.45) is 0 Å². The topological polar surface area (TPSA) is 113 Å². The number of carboxylic acid groups (broad SMARTS) is 1. The largest absolute Gasteiger partial charge is 0.486 e. The van der Waals surface area contributed by atoms with Gasteiger partial charge in [0, 0.05) is 12.0 Å². The van der Waals surface area contributed by atoms with Crippen molar-refractivity contribution in [1.29, 1.82) is 0 Å². The molecule has 3 aromatic rings. The molecular weight excluding hydrogens is 556 g/mol. The number of carbonyl (C=O) groups is 1. The first-order valence-corrected chi connectivity index (χ1v) is 12.6. The predicted molar refractivity (Wildman–Crippen MR) is 126 cm³/mol. The van der Waals surface area contributed by atoms with Gasteiger partial charge in [-0.1, -0.05) is 24.3 Å². The van der Waals surface area contributed by atoms with Crippen molar-refractivity contribution in [2.45, 2.75) is 36.2 Å². The zero-order valence-electron chi connectivity index (χ0n) is 19.6. The number of halogens is 6. The molecule has 1 aromatic heterocycles. The third-order valence-corrected chi connectivity index (χ3v) is 7.53. The third kappa shape index (κ3) is 6.19. The molecule has 0 amide bonds. The van der Waals surface area contributed by atoms with Crippen molar-refractivity contribution in [3.05, 3.63) is 71.0 Å². The molecular formula is C24H19F6N3O5S. The molecule has 8 nitrogen and oxygen atoms in total. The van der Waals surface area contributed by atoms with E-state index in [0.29, 0.717) is 6.07 Å². The van der Waals surface area contributed by atoms with Crippen molar-refractivity contribution < 1.29 is 49.4 Å². The second kappa shape index (κ2) is 10.3. The maximum Gasteiger partial charge on any atom is 0.433 e. The first kappa shape index (κ1) is 28.0. The Hall–Kier alpha value is -4.01. The number of carboxylic acids is 1. The number of aromatic nitrogens is 2. The molecule has 1 aliphatic rings. The number of nitrogens with zero attached hydrogens (tertiary/aromatic N) is 2. The lowest BCUT2D eigenvalue weighted by atomic mass is 10.1. The van der Waals surface area contributed by atoms with Crippen molar-refractivity contribution >= 4 is 33.8 Å². The van der Waals surface area contributed by atoms with Gasteiger partial charge in [-0.3, -0.25) is 14.2 Å². The maximum atomic E-state index is 13.6. The number of aliphatic carboxylic acids is 1. The van der Waals surface area contributed by atoms with Crippen LogP contribution in [0.5, 0.6) is 5.75 Å². The van der Waals surface area contributed by atoms with Gasteiger partial charge in [0.1, 0.15) is 17.5 Å². The van der Waals surface area contributed by atoms with Crippen LogP contribution in [-0.4, -0.2) is 42.3 Å². The minimum atomic E-state index is -4.81. The zero-order valence-corrected chi connectivity index (χ0v) is 20.4. The number of aromatic amines is 1. The number of fused-ring (bicyclic) bond motifs is 1.